The van der Waals surface area contributed by atoms with E-state index in [9.17, 15) is 10.2 Å². The molecule has 2 rings (SSSR count). The first kappa shape index (κ1) is 18.3. The van der Waals surface area contributed by atoms with E-state index in [-0.39, 0.29) is 5.41 Å². The van der Waals surface area contributed by atoms with Gasteiger partial charge in [0.1, 0.15) is 11.5 Å². The van der Waals surface area contributed by atoms with Crippen molar-refractivity contribution in [2.75, 3.05) is 0 Å². The zero-order valence-corrected chi connectivity index (χ0v) is 19.8. The number of hydrogen-bond acceptors (Lipinski definition) is 2. The molecular weight excluding hydrogens is 720 g/mol. The van der Waals surface area contributed by atoms with Crippen LogP contribution in [0.15, 0.2) is 24.3 Å². The van der Waals surface area contributed by atoms with Crippen LogP contribution in [-0.2, 0) is 5.41 Å². The van der Waals surface area contributed by atoms with E-state index in [1.54, 1.807) is 24.3 Å². The van der Waals surface area contributed by atoms with Gasteiger partial charge in [0, 0.05) is 19.7 Å². The molecule has 0 aromatic heterocycles. The van der Waals surface area contributed by atoms with E-state index in [4.69, 9.17) is 0 Å². The van der Waals surface area contributed by atoms with Crippen LogP contribution < -0.4 is 0 Å². The third-order valence-corrected chi connectivity index (χ3v) is 6.71. The van der Waals surface area contributed by atoms with Gasteiger partial charge in [-0.15, -0.1) is 0 Å². The van der Waals surface area contributed by atoms with Crippen molar-refractivity contribution in [2.45, 2.75) is 19.3 Å². The summed E-state index contributed by atoms with van der Waals surface area (Å²) in [6.45, 7) is 4.36. The van der Waals surface area contributed by atoms with Crippen molar-refractivity contribution in [1.29, 1.82) is 0 Å². The summed E-state index contributed by atoms with van der Waals surface area (Å²) >= 11 is 9.10. The molecule has 0 amide bonds. The van der Waals surface area contributed by atoms with E-state index in [0.717, 1.165) is 14.3 Å². The summed E-state index contributed by atoms with van der Waals surface area (Å²) in [5.74, 6) is 0.580. The fourth-order valence-electron chi connectivity index (χ4n) is 2.44. The minimum atomic E-state index is -0.221. The maximum Gasteiger partial charge on any atom is 0.117 e. The van der Waals surface area contributed by atoms with Gasteiger partial charge in [-0.2, -0.15) is 0 Å². The maximum absolute atomic E-state index is 9.75. The van der Waals surface area contributed by atoms with Crippen LogP contribution in [0.3, 0.4) is 0 Å². The standard InChI is InChI=1S/C15H12I4O2/c1-15(2,13-9(16)3-7(20)4-10(13)17)14-11(18)5-8(21)6-12(14)19/h3-6,20-21H,1-2H3. The molecule has 2 aromatic carbocycles. The molecule has 0 aliphatic carbocycles. The topological polar surface area (TPSA) is 40.5 Å². The van der Waals surface area contributed by atoms with Gasteiger partial charge in [0.25, 0.3) is 0 Å². The molecule has 2 N–H and O–H groups in total. The summed E-state index contributed by atoms with van der Waals surface area (Å²) < 4.78 is 4.17. The van der Waals surface area contributed by atoms with E-state index in [0.29, 0.717) is 11.5 Å². The molecule has 0 aliphatic heterocycles. The van der Waals surface area contributed by atoms with Crippen molar-refractivity contribution in [3.05, 3.63) is 49.7 Å². The highest BCUT2D eigenvalue weighted by Crippen LogP contribution is 2.43. The highest BCUT2D eigenvalue weighted by molar-refractivity contribution is 14.1. The van der Waals surface area contributed by atoms with Crippen LogP contribution in [0.25, 0.3) is 0 Å². The highest BCUT2D eigenvalue weighted by atomic mass is 127. The summed E-state index contributed by atoms with van der Waals surface area (Å²) in [5.41, 5.74) is 2.17. The fourth-order valence-corrected chi connectivity index (χ4v) is 8.61. The number of phenolic OH excluding ortho intramolecular Hbond substituents is 2. The van der Waals surface area contributed by atoms with E-state index in [2.05, 4.69) is 104 Å². The first-order valence-corrected chi connectivity index (χ1v) is 10.3. The zero-order valence-electron chi connectivity index (χ0n) is 11.2. The van der Waals surface area contributed by atoms with Gasteiger partial charge < -0.3 is 10.2 Å². The molecule has 6 heteroatoms. The number of aromatic hydroxyl groups is 2. The molecule has 0 radical (unpaired) electrons. The monoisotopic (exact) mass is 732 g/mol. The summed E-state index contributed by atoms with van der Waals surface area (Å²) in [4.78, 5) is 0. The lowest BCUT2D eigenvalue weighted by Crippen LogP contribution is -2.24. The van der Waals surface area contributed by atoms with E-state index in [1.165, 1.54) is 11.1 Å². The van der Waals surface area contributed by atoms with Gasteiger partial charge in [0.05, 0.1) is 0 Å². The van der Waals surface area contributed by atoms with Crippen LogP contribution in [0.2, 0.25) is 0 Å². The molecule has 0 saturated heterocycles. The lowest BCUT2D eigenvalue weighted by atomic mass is 9.78. The van der Waals surface area contributed by atoms with E-state index in [1.807, 2.05) is 0 Å². The van der Waals surface area contributed by atoms with Gasteiger partial charge in [-0.25, -0.2) is 0 Å². The SMILES string of the molecule is CC(C)(c1c(I)cc(O)cc1I)c1c(I)cc(O)cc1I. The van der Waals surface area contributed by atoms with Crippen LogP contribution in [0.5, 0.6) is 11.5 Å². The molecule has 0 spiro atoms. The van der Waals surface area contributed by atoms with Gasteiger partial charge in [-0.3, -0.25) is 0 Å². The zero-order chi connectivity index (χ0) is 15.9. The molecule has 21 heavy (non-hydrogen) atoms. The Labute approximate surface area is 178 Å². The molecule has 0 fully saturated rings. The second-order valence-corrected chi connectivity index (χ2v) is 9.84. The minimum absolute atomic E-state index is 0.221. The third-order valence-electron chi connectivity index (χ3n) is 3.30. The van der Waals surface area contributed by atoms with E-state index < -0.39 is 0 Å². The Balaban J connectivity index is 2.74. The lowest BCUT2D eigenvalue weighted by Gasteiger charge is -2.31. The number of hydrogen-bond donors (Lipinski definition) is 2. The van der Waals surface area contributed by atoms with Crippen LogP contribution >= 0.6 is 90.4 Å². The van der Waals surface area contributed by atoms with Gasteiger partial charge in [-0.05, 0) is 126 Å². The van der Waals surface area contributed by atoms with Gasteiger partial charge in [0.15, 0.2) is 0 Å². The summed E-state index contributed by atoms with van der Waals surface area (Å²) in [7, 11) is 0. The second kappa shape index (κ2) is 6.83. The number of halogens is 4. The maximum atomic E-state index is 9.75. The largest absolute Gasteiger partial charge is 0.508 e. The van der Waals surface area contributed by atoms with Crippen LogP contribution in [-0.4, -0.2) is 10.2 Å². The predicted molar refractivity (Wildman–Crippen MR) is 119 cm³/mol. The third kappa shape index (κ3) is 3.73. The van der Waals surface area contributed by atoms with Gasteiger partial charge >= 0.3 is 0 Å². The number of benzene rings is 2. The lowest BCUT2D eigenvalue weighted by molar-refractivity contribution is 0.472. The van der Waals surface area contributed by atoms with Crippen LogP contribution in [0.4, 0.5) is 0 Å². The van der Waals surface area contributed by atoms with Gasteiger partial charge in [-0.1, -0.05) is 13.8 Å². The summed E-state index contributed by atoms with van der Waals surface area (Å²) in [6.07, 6.45) is 0. The quantitative estimate of drug-likeness (QED) is 0.382. The Morgan fingerprint density at radius 2 is 0.905 bits per heavy atom. The fraction of sp³-hybridized carbons (Fsp3) is 0.200. The van der Waals surface area contributed by atoms with Crippen LogP contribution in [0, 0.1) is 14.3 Å². The Morgan fingerprint density at radius 3 is 1.14 bits per heavy atom. The molecular formula is C15H12I4O2. The Kier molecular flexibility index (Phi) is 5.95. The number of rotatable bonds is 2. The van der Waals surface area contributed by atoms with Crippen molar-refractivity contribution in [3.63, 3.8) is 0 Å². The molecule has 0 bridgehead atoms. The molecule has 2 nitrogen and oxygen atoms in total. The normalized spacial score (nSPS) is 11.7. The summed E-state index contributed by atoms with van der Waals surface area (Å²) in [5, 5.41) is 19.5. The molecule has 0 atom stereocenters. The van der Waals surface area contributed by atoms with E-state index >= 15 is 0 Å². The van der Waals surface area contributed by atoms with Gasteiger partial charge in [0.2, 0.25) is 0 Å². The first-order valence-electron chi connectivity index (χ1n) is 6.01. The highest BCUT2D eigenvalue weighted by Gasteiger charge is 2.32. The van der Waals surface area contributed by atoms with Crippen molar-refractivity contribution in [1.82, 2.24) is 0 Å². The average molecular weight is 732 g/mol. The van der Waals surface area contributed by atoms with Crippen molar-refractivity contribution < 1.29 is 10.2 Å². The molecule has 0 aliphatic rings. The van der Waals surface area contributed by atoms with Crippen molar-refractivity contribution in [2.24, 2.45) is 0 Å². The average Bonchev–Trinajstić information content (AvgIpc) is 2.23. The Morgan fingerprint density at radius 1 is 0.667 bits per heavy atom. The number of phenols is 2. The van der Waals surface area contributed by atoms with Crippen molar-refractivity contribution >= 4 is 90.4 Å². The molecule has 0 heterocycles. The minimum Gasteiger partial charge on any atom is -0.508 e. The first-order chi connectivity index (χ1) is 9.64. The summed E-state index contributed by atoms with van der Waals surface area (Å²) in [6, 6.07) is 7.17. The van der Waals surface area contributed by atoms with Crippen LogP contribution in [0.1, 0.15) is 25.0 Å². The second-order valence-electron chi connectivity index (χ2n) is 5.19. The molecule has 2 aromatic rings. The molecule has 112 valence electrons. The Bertz CT molecular complexity index is 605. The predicted octanol–water partition coefficient (Wildman–Crippen LogP) is 5.84. The molecule has 0 saturated carbocycles. The van der Waals surface area contributed by atoms with Crippen molar-refractivity contribution in [3.8, 4) is 11.5 Å². The smallest absolute Gasteiger partial charge is 0.117 e. The Hall–Kier alpha value is 0.960. The molecule has 0 unspecified atom stereocenters.